The molecule has 1 aliphatic rings. The van der Waals surface area contributed by atoms with Crippen molar-refractivity contribution in [3.63, 3.8) is 0 Å². The SMILES string of the molecule is Cc1ccc2nc(NC(=O)c3cc(Cl)c4nc(-c5c(F)cccc5Cl)[nH]c4c3)n(C3CCN(C)CC3)c2c1. The van der Waals surface area contributed by atoms with E-state index in [1.165, 1.54) is 12.1 Å². The molecule has 1 amide bonds. The number of aromatic nitrogens is 4. The van der Waals surface area contributed by atoms with Crippen LogP contribution in [0.1, 0.15) is 34.8 Å². The molecule has 10 heteroatoms. The minimum Gasteiger partial charge on any atom is -0.338 e. The molecule has 7 nitrogen and oxygen atoms in total. The highest BCUT2D eigenvalue weighted by Crippen LogP contribution is 2.34. The molecule has 3 aromatic carbocycles. The van der Waals surface area contributed by atoms with Crippen molar-refractivity contribution in [2.75, 3.05) is 25.5 Å². The predicted octanol–water partition coefficient (Wildman–Crippen LogP) is 6.85. The summed E-state index contributed by atoms with van der Waals surface area (Å²) >= 11 is 12.7. The van der Waals surface area contributed by atoms with Gasteiger partial charge in [-0.2, -0.15) is 0 Å². The van der Waals surface area contributed by atoms with E-state index in [1.807, 2.05) is 19.1 Å². The molecule has 194 valence electrons. The third kappa shape index (κ3) is 4.42. The molecule has 2 aromatic heterocycles. The first-order valence-electron chi connectivity index (χ1n) is 12.4. The van der Waals surface area contributed by atoms with Crippen LogP contribution < -0.4 is 5.32 Å². The lowest BCUT2D eigenvalue weighted by Gasteiger charge is -2.31. The summed E-state index contributed by atoms with van der Waals surface area (Å²) in [7, 11) is 2.12. The zero-order valence-electron chi connectivity index (χ0n) is 20.9. The highest BCUT2D eigenvalue weighted by molar-refractivity contribution is 6.36. The van der Waals surface area contributed by atoms with Crippen LogP contribution in [-0.2, 0) is 0 Å². The maximum absolute atomic E-state index is 14.5. The molecule has 1 aliphatic heterocycles. The first kappa shape index (κ1) is 24.9. The van der Waals surface area contributed by atoms with Crippen molar-refractivity contribution in [1.82, 2.24) is 24.4 Å². The summed E-state index contributed by atoms with van der Waals surface area (Å²) in [6.07, 6.45) is 1.93. The van der Waals surface area contributed by atoms with Crippen molar-refractivity contribution < 1.29 is 9.18 Å². The molecule has 5 aromatic rings. The highest BCUT2D eigenvalue weighted by Gasteiger charge is 2.25. The number of hydrogen-bond donors (Lipinski definition) is 2. The van der Waals surface area contributed by atoms with Gasteiger partial charge in [0.05, 0.1) is 32.2 Å². The Morgan fingerprint density at radius 2 is 1.87 bits per heavy atom. The maximum atomic E-state index is 14.5. The van der Waals surface area contributed by atoms with Gasteiger partial charge in [-0.05, 0) is 81.9 Å². The summed E-state index contributed by atoms with van der Waals surface area (Å²) in [5.74, 6) is -0.115. The number of hydrogen-bond acceptors (Lipinski definition) is 4. The molecule has 0 unspecified atom stereocenters. The van der Waals surface area contributed by atoms with E-state index in [0.717, 1.165) is 42.5 Å². The highest BCUT2D eigenvalue weighted by atomic mass is 35.5. The van der Waals surface area contributed by atoms with Gasteiger partial charge in [0.2, 0.25) is 5.95 Å². The molecule has 2 N–H and O–H groups in total. The van der Waals surface area contributed by atoms with Crippen LogP contribution in [0.25, 0.3) is 33.5 Å². The van der Waals surface area contributed by atoms with E-state index in [1.54, 1.807) is 18.2 Å². The van der Waals surface area contributed by atoms with Crippen molar-refractivity contribution in [3.8, 4) is 11.4 Å². The molecule has 0 bridgehead atoms. The number of amides is 1. The zero-order valence-corrected chi connectivity index (χ0v) is 22.4. The molecule has 0 aliphatic carbocycles. The molecular formula is C28H25Cl2FN6O. The Hall–Kier alpha value is -3.46. The van der Waals surface area contributed by atoms with E-state index in [-0.39, 0.29) is 33.4 Å². The quantitative estimate of drug-likeness (QED) is 0.256. The number of halogens is 3. The van der Waals surface area contributed by atoms with Crippen molar-refractivity contribution in [1.29, 1.82) is 0 Å². The van der Waals surface area contributed by atoms with Crippen LogP contribution in [0.3, 0.4) is 0 Å². The smallest absolute Gasteiger partial charge is 0.258 e. The molecule has 38 heavy (non-hydrogen) atoms. The van der Waals surface area contributed by atoms with Gasteiger partial charge in [-0.3, -0.25) is 10.1 Å². The lowest BCUT2D eigenvalue weighted by Crippen LogP contribution is -2.32. The summed E-state index contributed by atoms with van der Waals surface area (Å²) in [5.41, 5.74) is 4.36. The topological polar surface area (TPSA) is 78.8 Å². The number of nitrogens with one attached hydrogen (secondary N) is 2. The number of imidazole rings is 2. The van der Waals surface area contributed by atoms with Gasteiger partial charge in [0, 0.05) is 11.6 Å². The number of carbonyl (C=O) groups excluding carboxylic acids is 1. The molecular weight excluding hydrogens is 526 g/mol. The van der Waals surface area contributed by atoms with Crippen LogP contribution in [0.15, 0.2) is 48.5 Å². The lowest BCUT2D eigenvalue weighted by molar-refractivity contribution is 0.102. The summed E-state index contributed by atoms with van der Waals surface area (Å²) in [6.45, 7) is 4.00. The number of benzene rings is 3. The van der Waals surface area contributed by atoms with E-state index in [4.69, 9.17) is 28.2 Å². The van der Waals surface area contributed by atoms with Gasteiger partial charge >= 0.3 is 0 Å². The van der Waals surface area contributed by atoms with Crippen LogP contribution in [0, 0.1) is 12.7 Å². The molecule has 0 atom stereocenters. The normalized spacial score (nSPS) is 15.0. The van der Waals surface area contributed by atoms with E-state index < -0.39 is 5.82 Å². The van der Waals surface area contributed by atoms with Gasteiger partial charge in [0.1, 0.15) is 17.2 Å². The Bertz CT molecular complexity index is 1680. The van der Waals surface area contributed by atoms with Gasteiger partial charge in [0.15, 0.2) is 0 Å². The Labute approximate surface area is 228 Å². The fourth-order valence-corrected chi connectivity index (χ4v) is 5.65. The molecule has 6 rings (SSSR count). The van der Waals surface area contributed by atoms with Crippen molar-refractivity contribution >= 4 is 57.1 Å². The minimum atomic E-state index is -0.506. The summed E-state index contributed by atoms with van der Waals surface area (Å²) < 4.78 is 16.6. The van der Waals surface area contributed by atoms with Gasteiger partial charge < -0.3 is 14.5 Å². The van der Waals surface area contributed by atoms with Crippen LogP contribution >= 0.6 is 23.2 Å². The molecule has 0 radical (unpaired) electrons. The predicted molar refractivity (Wildman–Crippen MR) is 150 cm³/mol. The number of carbonyl (C=O) groups is 1. The average Bonchev–Trinajstić information content (AvgIpc) is 3.46. The summed E-state index contributed by atoms with van der Waals surface area (Å²) in [5, 5.41) is 3.51. The van der Waals surface area contributed by atoms with Crippen LogP contribution in [-0.4, -0.2) is 50.5 Å². The lowest BCUT2D eigenvalue weighted by atomic mass is 10.0. The summed E-state index contributed by atoms with van der Waals surface area (Å²) in [4.78, 5) is 28.1. The number of rotatable bonds is 4. The van der Waals surface area contributed by atoms with Gasteiger partial charge in [-0.15, -0.1) is 0 Å². The van der Waals surface area contributed by atoms with Gasteiger partial charge in [0.25, 0.3) is 5.91 Å². The van der Waals surface area contributed by atoms with Crippen molar-refractivity contribution in [3.05, 3.63) is 75.5 Å². The number of nitrogens with zero attached hydrogens (tertiary/aromatic N) is 4. The van der Waals surface area contributed by atoms with Crippen LogP contribution in [0.5, 0.6) is 0 Å². The Morgan fingerprint density at radius 1 is 1.08 bits per heavy atom. The number of likely N-dealkylation sites (tertiary alicyclic amines) is 1. The van der Waals surface area contributed by atoms with Crippen molar-refractivity contribution in [2.24, 2.45) is 0 Å². The second-order valence-corrected chi connectivity index (χ2v) is 10.6. The third-order valence-electron chi connectivity index (χ3n) is 7.13. The van der Waals surface area contributed by atoms with E-state index >= 15 is 0 Å². The van der Waals surface area contributed by atoms with Gasteiger partial charge in [-0.25, -0.2) is 14.4 Å². The number of aryl methyl sites for hydroxylation is 1. The first-order chi connectivity index (χ1) is 18.3. The fraction of sp³-hybridized carbons (Fsp3) is 0.250. The number of anilines is 1. The standard InChI is InChI=1S/C28H25Cl2FN6O/c1-15-6-7-21-23(12-15)37(17-8-10-36(2)11-9-17)28(33-21)35-27(38)16-13-19(30)25-22(14-16)32-26(34-25)24-18(29)4-3-5-20(24)31/h3-7,12-14,17H,8-11H2,1-2H3,(H,32,34)(H,33,35,38). The molecule has 1 fully saturated rings. The second kappa shape index (κ2) is 9.69. The van der Waals surface area contributed by atoms with Gasteiger partial charge in [-0.1, -0.05) is 35.3 Å². The number of piperidine rings is 1. The van der Waals surface area contributed by atoms with Crippen molar-refractivity contribution in [2.45, 2.75) is 25.8 Å². The van der Waals surface area contributed by atoms with Crippen LogP contribution in [0.2, 0.25) is 10.0 Å². The zero-order chi connectivity index (χ0) is 26.6. The minimum absolute atomic E-state index is 0.148. The number of aromatic amines is 1. The molecule has 0 saturated carbocycles. The molecule has 0 spiro atoms. The Kier molecular flexibility index (Phi) is 6.34. The Balaban J connectivity index is 1.37. The maximum Gasteiger partial charge on any atom is 0.258 e. The number of fused-ring (bicyclic) bond motifs is 2. The first-order valence-corrected chi connectivity index (χ1v) is 13.2. The van der Waals surface area contributed by atoms with E-state index in [9.17, 15) is 9.18 Å². The van der Waals surface area contributed by atoms with E-state index in [0.29, 0.717) is 22.5 Å². The van der Waals surface area contributed by atoms with E-state index in [2.05, 4.69) is 37.9 Å². The van der Waals surface area contributed by atoms with Crippen LogP contribution in [0.4, 0.5) is 10.3 Å². The number of H-pyrrole nitrogens is 1. The summed E-state index contributed by atoms with van der Waals surface area (Å²) in [6, 6.07) is 14.0. The Morgan fingerprint density at radius 3 is 2.63 bits per heavy atom. The molecule has 3 heterocycles. The monoisotopic (exact) mass is 550 g/mol. The third-order valence-corrected chi connectivity index (χ3v) is 7.73. The fourth-order valence-electron chi connectivity index (χ4n) is 5.14. The second-order valence-electron chi connectivity index (χ2n) is 9.82. The largest absolute Gasteiger partial charge is 0.338 e. The average molecular weight is 551 g/mol. The molecule has 1 saturated heterocycles.